The number of ether oxygens (including phenoxy) is 2. The molecule has 0 amide bonds. The van der Waals surface area contributed by atoms with Gasteiger partial charge in [-0.2, -0.15) is 0 Å². The van der Waals surface area contributed by atoms with Crippen LogP contribution >= 0.6 is 0 Å². The number of benzene rings is 1. The Bertz CT molecular complexity index is 764. The number of hydrogen-bond acceptors (Lipinski definition) is 4. The summed E-state index contributed by atoms with van der Waals surface area (Å²) in [6.07, 6.45) is 7.07. The highest BCUT2D eigenvalue weighted by Crippen LogP contribution is 2.22. The minimum absolute atomic E-state index is 0.237. The van der Waals surface area contributed by atoms with E-state index in [1.54, 1.807) is 6.92 Å². The van der Waals surface area contributed by atoms with Gasteiger partial charge in [0.2, 0.25) is 0 Å². The fourth-order valence-corrected chi connectivity index (χ4v) is 2.42. The van der Waals surface area contributed by atoms with Crippen molar-refractivity contribution in [2.24, 2.45) is 5.92 Å². The second-order valence-corrected chi connectivity index (χ2v) is 10.0. The average Bonchev–Trinajstić information content (AvgIpc) is 2.81. The Labute approximate surface area is 215 Å². The first-order valence-corrected chi connectivity index (χ1v) is 12.7. The van der Waals surface area contributed by atoms with Gasteiger partial charge in [-0.1, -0.05) is 118 Å². The molecule has 0 radical (unpaired) electrons. The second-order valence-electron chi connectivity index (χ2n) is 10.0. The molecule has 0 unspecified atom stereocenters. The van der Waals surface area contributed by atoms with Gasteiger partial charge >= 0.3 is 11.9 Å². The van der Waals surface area contributed by atoms with E-state index in [0.29, 0.717) is 36.7 Å². The van der Waals surface area contributed by atoms with E-state index < -0.39 is 0 Å². The molecule has 4 nitrogen and oxygen atoms in total. The molecule has 0 aliphatic rings. The first-order chi connectivity index (χ1) is 16.3. The third kappa shape index (κ3) is 19.4. The average molecular weight is 487 g/mol. The van der Waals surface area contributed by atoms with Crippen molar-refractivity contribution in [3.63, 3.8) is 0 Å². The van der Waals surface area contributed by atoms with E-state index in [9.17, 15) is 9.59 Å². The molecule has 1 aromatic rings. The minimum atomic E-state index is -0.297. The topological polar surface area (TPSA) is 52.6 Å². The number of rotatable bonds is 11. The summed E-state index contributed by atoms with van der Waals surface area (Å²) < 4.78 is 9.83. The molecule has 198 valence electrons. The largest absolute Gasteiger partial charge is 0.462 e. The van der Waals surface area contributed by atoms with Gasteiger partial charge in [-0.3, -0.25) is 0 Å². The van der Waals surface area contributed by atoms with E-state index in [1.807, 2.05) is 26.8 Å². The zero-order chi connectivity index (χ0) is 27.4. The molecule has 0 bridgehead atoms. The molecule has 0 saturated carbocycles. The third-order valence-corrected chi connectivity index (χ3v) is 4.86. The highest BCUT2D eigenvalue weighted by atomic mass is 16.5. The van der Waals surface area contributed by atoms with E-state index in [1.165, 1.54) is 24.0 Å². The standard InChI is InChI=1S/C12H16.C11H20O2.C8H14O2/c1-5-10-6-8-11(9-7-10)12(2,3)4;1-4-6-7-8-9-13-11(12)10(3)5-2;1-6(2)5-10-8(9)7(3)4/h5-9H,1H2,2-4H3;3-9H2,1-2H3;6H,3,5H2,1-2,4H3. The lowest BCUT2D eigenvalue weighted by Gasteiger charge is -2.18. The van der Waals surface area contributed by atoms with Crippen molar-refractivity contribution in [3.05, 3.63) is 66.3 Å². The number of unbranched alkanes of at least 4 members (excludes halogenated alkanes) is 3. The Morgan fingerprint density at radius 1 is 0.943 bits per heavy atom. The van der Waals surface area contributed by atoms with Crippen LogP contribution in [0.5, 0.6) is 0 Å². The summed E-state index contributed by atoms with van der Waals surface area (Å²) in [6.45, 7) is 28.2. The summed E-state index contributed by atoms with van der Waals surface area (Å²) in [5.41, 5.74) is 3.83. The molecule has 1 rings (SSSR count). The van der Waals surface area contributed by atoms with Gasteiger partial charge in [0.05, 0.1) is 13.2 Å². The molecular formula is C31H50O4. The van der Waals surface area contributed by atoms with Gasteiger partial charge in [0.1, 0.15) is 0 Å². The Kier molecular flexibility index (Phi) is 19.4. The fourth-order valence-electron chi connectivity index (χ4n) is 2.42. The van der Waals surface area contributed by atoms with Crippen molar-refractivity contribution in [1.29, 1.82) is 0 Å². The molecule has 4 heteroatoms. The van der Waals surface area contributed by atoms with Gasteiger partial charge in [-0.15, -0.1) is 0 Å². The van der Waals surface area contributed by atoms with E-state index in [0.717, 1.165) is 12.8 Å². The highest BCUT2D eigenvalue weighted by Gasteiger charge is 2.12. The Morgan fingerprint density at radius 2 is 1.51 bits per heavy atom. The first kappa shape index (κ1) is 34.5. The molecule has 0 aliphatic heterocycles. The SMILES string of the molecule is C=C(C)C(=O)OCC(C)C.C=C(CC)C(=O)OCCCCCC.C=Cc1ccc(C(C)(C)C)cc1. The molecule has 35 heavy (non-hydrogen) atoms. The van der Waals surface area contributed by atoms with Gasteiger partial charge in [0.15, 0.2) is 0 Å². The third-order valence-electron chi connectivity index (χ3n) is 4.86. The molecule has 0 spiro atoms. The van der Waals surface area contributed by atoms with Crippen molar-refractivity contribution < 1.29 is 19.1 Å². The van der Waals surface area contributed by atoms with Gasteiger partial charge in [0.25, 0.3) is 0 Å². The van der Waals surface area contributed by atoms with Crippen LogP contribution in [0.3, 0.4) is 0 Å². The normalized spacial score (nSPS) is 10.2. The predicted octanol–water partition coefficient (Wildman–Crippen LogP) is 8.46. The zero-order valence-corrected chi connectivity index (χ0v) is 23.7. The minimum Gasteiger partial charge on any atom is -0.462 e. The fraction of sp³-hybridized carbons (Fsp3) is 0.548. The van der Waals surface area contributed by atoms with E-state index >= 15 is 0 Å². The second kappa shape index (κ2) is 19.7. The van der Waals surface area contributed by atoms with Crippen LogP contribution in [-0.2, 0) is 24.5 Å². The van der Waals surface area contributed by atoms with Crippen LogP contribution in [-0.4, -0.2) is 25.2 Å². The highest BCUT2D eigenvalue weighted by molar-refractivity contribution is 5.87. The lowest BCUT2D eigenvalue weighted by molar-refractivity contribution is -0.140. The Balaban J connectivity index is 0. The van der Waals surface area contributed by atoms with Gasteiger partial charge in [-0.25, -0.2) is 9.59 Å². The maximum absolute atomic E-state index is 11.1. The molecule has 0 N–H and O–H groups in total. The summed E-state index contributed by atoms with van der Waals surface area (Å²) in [4.78, 5) is 21.8. The predicted molar refractivity (Wildman–Crippen MR) is 150 cm³/mol. The van der Waals surface area contributed by atoms with Gasteiger partial charge < -0.3 is 9.47 Å². The summed E-state index contributed by atoms with van der Waals surface area (Å²) >= 11 is 0. The maximum atomic E-state index is 11.1. The van der Waals surface area contributed by atoms with Crippen LogP contribution in [0.25, 0.3) is 6.08 Å². The van der Waals surface area contributed by atoms with Crippen LogP contribution in [0, 0.1) is 5.92 Å². The summed E-state index contributed by atoms with van der Waals surface area (Å²) in [5.74, 6) is -0.143. The van der Waals surface area contributed by atoms with Crippen LogP contribution in [0.2, 0.25) is 0 Å². The summed E-state index contributed by atoms with van der Waals surface area (Å²) in [5, 5.41) is 0. The maximum Gasteiger partial charge on any atom is 0.333 e. The van der Waals surface area contributed by atoms with Crippen LogP contribution in [0.1, 0.15) is 98.6 Å². The lowest BCUT2D eigenvalue weighted by atomic mass is 9.87. The number of esters is 2. The van der Waals surface area contributed by atoms with Crippen molar-refractivity contribution in [1.82, 2.24) is 0 Å². The zero-order valence-electron chi connectivity index (χ0n) is 23.7. The molecule has 0 aromatic heterocycles. The monoisotopic (exact) mass is 486 g/mol. The van der Waals surface area contributed by atoms with Crippen LogP contribution < -0.4 is 0 Å². The molecule has 0 atom stereocenters. The Hall–Kier alpha value is -2.62. The molecule has 0 heterocycles. The molecule has 0 aliphatic carbocycles. The molecule has 0 saturated heterocycles. The van der Waals surface area contributed by atoms with Crippen LogP contribution in [0.15, 0.2) is 55.1 Å². The lowest BCUT2D eigenvalue weighted by Crippen LogP contribution is -2.10. The number of hydrogen-bond donors (Lipinski definition) is 0. The summed E-state index contributed by atoms with van der Waals surface area (Å²) in [7, 11) is 0. The summed E-state index contributed by atoms with van der Waals surface area (Å²) in [6, 6.07) is 8.54. The van der Waals surface area contributed by atoms with Gasteiger partial charge in [0, 0.05) is 11.1 Å². The number of carbonyl (C=O) groups is 2. The molecule has 1 aromatic carbocycles. The van der Waals surface area contributed by atoms with E-state index in [4.69, 9.17) is 9.47 Å². The number of carbonyl (C=O) groups excluding carboxylic acids is 2. The molecular weight excluding hydrogens is 436 g/mol. The quantitative estimate of drug-likeness (QED) is 0.179. The van der Waals surface area contributed by atoms with E-state index in [2.05, 4.69) is 71.7 Å². The van der Waals surface area contributed by atoms with Crippen molar-refractivity contribution in [2.75, 3.05) is 13.2 Å². The van der Waals surface area contributed by atoms with Crippen molar-refractivity contribution in [3.8, 4) is 0 Å². The van der Waals surface area contributed by atoms with E-state index in [-0.39, 0.29) is 17.4 Å². The van der Waals surface area contributed by atoms with Crippen molar-refractivity contribution in [2.45, 2.75) is 92.9 Å². The molecule has 0 fully saturated rings. The van der Waals surface area contributed by atoms with Gasteiger partial charge in [-0.05, 0) is 42.2 Å². The first-order valence-electron chi connectivity index (χ1n) is 12.7. The Morgan fingerprint density at radius 3 is 1.91 bits per heavy atom. The van der Waals surface area contributed by atoms with Crippen LogP contribution in [0.4, 0.5) is 0 Å². The van der Waals surface area contributed by atoms with Crippen molar-refractivity contribution >= 4 is 18.0 Å². The smallest absolute Gasteiger partial charge is 0.333 e.